The van der Waals surface area contributed by atoms with E-state index >= 15 is 0 Å². The molecule has 4 heteroatoms. The Balaban J connectivity index is 1.94. The molecule has 0 saturated carbocycles. The number of hydrogen-bond acceptors (Lipinski definition) is 4. The van der Waals surface area contributed by atoms with E-state index in [1.165, 1.54) is 0 Å². The van der Waals surface area contributed by atoms with Crippen molar-refractivity contribution in [2.75, 3.05) is 40.0 Å². The van der Waals surface area contributed by atoms with Crippen LogP contribution in [0.5, 0.6) is 0 Å². The van der Waals surface area contributed by atoms with Crippen LogP contribution >= 0.6 is 0 Å². The lowest BCUT2D eigenvalue weighted by atomic mass is 9.84. The monoisotopic (exact) mass is 229 g/mol. The van der Waals surface area contributed by atoms with Gasteiger partial charge in [0, 0.05) is 33.2 Å². The quantitative estimate of drug-likeness (QED) is 0.771. The van der Waals surface area contributed by atoms with Crippen LogP contribution in [0.4, 0.5) is 0 Å². The van der Waals surface area contributed by atoms with Crippen molar-refractivity contribution >= 4 is 0 Å². The van der Waals surface area contributed by atoms with Crippen LogP contribution < -0.4 is 0 Å². The van der Waals surface area contributed by atoms with Crippen molar-refractivity contribution in [1.82, 2.24) is 4.90 Å². The summed E-state index contributed by atoms with van der Waals surface area (Å²) in [4.78, 5) is 2.31. The fraction of sp³-hybridized carbons (Fsp3) is 1.00. The smallest absolute Gasteiger partial charge is 0.0833 e. The maximum atomic E-state index is 9.00. The van der Waals surface area contributed by atoms with Crippen LogP contribution in [0.2, 0.25) is 0 Å². The van der Waals surface area contributed by atoms with Gasteiger partial charge in [0.15, 0.2) is 0 Å². The number of methoxy groups -OCH3 is 1. The average molecular weight is 229 g/mol. The highest BCUT2D eigenvalue weighted by Crippen LogP contribution is 2.34. The van der Waals surface area contributed by atoms with Gasteiger partial charge in [-0.15, -0.1) is 0 Å². The Hall–Kier alpha value is -0.160. The Morgan fingerprint density at radius 2 is 2.44 bits per heavy atom. The van der Waals surface area contributed by atoms with Crippen LogP contribution in [-0.4, -0.2) is 61.7 Å². The Morgan fingerprint density at radius 1 is 1.56 bits per heavy atom. The summed E-state index contributed by atoms with van der Waals surface area (Å²) in [7, 11) is 1.79. The van der Waals surface area contributed by atoms with Gasteiger partial charge in [0.05, 0.1) is 18.3 Å². The van der Waals surface area contributed by atoms with E-state index in [2.05, 4.69) is 4.90 Å². The van der Waals surface area contributed by atoms with Gasteiger partial charge in [-0.3, -0.25) is 4.90 Å². The highest BCUT2D eigenvalue weighted by molar-refractivity contribution is 4.93. The standard InChI is InChI=1S/C12H23NO3/c1-15-11-3-8-16-12(9-11)4-2-5-13(10-12)6-7-14/h11,14H,2-10H2,1H3/t11-,12-/m0/s1. The van der Waals surface area contributed by atoms with Gasteiger partial charge in [0.25, 0.3) is 0 Å². The third-order valence-corrected chi connectivity index (χ3v) is 3.82. The molecule has 0 aromatic rings. The minimum atomic E-state index is -0.00759. The molecular weight excluding hydrogens is 206 g/mol. The SMILES string of the molecule is CO[C@H]1CCO[C@@]2(CCCN(CCO)C2)C1. The van der Waals surface area contributed by atoms with Crippen molar-refractivity contribution in [3.8, 4) is 0 Å². The number of hydrogen-bond donors (Lipinski definition) is 1. The molecule has 0 aromatic heterocycles. The van der Waals surface area contributed by atoms with E-state index in [4.69, 9.17) is 14.6 Å². The second-order valence-corrected chi connectivity index (χ2v) is 4.99. The summed E-state index contributed by atoms with van der Waals surface area (Å²) >= 11 is 0. The second-order valence-electron chi connectivity index (χ2n) is 4.99. The van der Waals surface area contributed by atoms with Crippen molar-refractivity contribution in [2.45, 2.75) is 37.4 Å². The maximum absolute atomic E-state index is 9.00. The molecule has 1 spiro atoms. The number of aliphatic hydroxyl groups excluding tert-OH is 1. The molecule has 2 atom stereocenters. The van der Waals surface area contributed by atoms with Crippen molar-refractivity contribution in [3.05, 3.63) is 0 Å². The Bertz CT molecular complexity index is 218. The van der Waals surface area contributed by atoms with Crippen molar-refractivity contribution in [3.63, 3.8) is 0 Å². The molecule has 0 aromatic carbocycles. The first kappa shape index (κ1) is 12.3. The van der Waals surface area contributed by atoms with E-state index in [9.17, 15) is 0 Å². The van der Waals surface area contributed by atoms with Gasteiger partial charge in [-0.2, -0.15) is 0 Å². The molecule has 2 aliphatic rings. The van der Waals surface area contributed by atoms with Gasteiger partial charge in [0.2, 0.25) is 0 Å². The third-order valence-electron chi connectivity index (χ3n) is 3.82. The molecule has 0 amide bonds. The van der Waals surface area contributed by atoms with E-state index in [1.54, 1.807) is 7.11 Å². The highest BCUT2D eigenvalue weighted by Gasteiger charge is 2.40. The summed E-state index contributed by atoms with van der Waals surface area (Å²) in [6.45, 7) is 3.86. The number of likely N-dealkylation sites (tertiary alicyclic amines) is 1. The molecule has 0 aliphatic carbocycles. The molecule has 2 heterocycles. The Labute approximate surface area is 97.5 Å². The van der Waals surface area contributed by atoms with Crippen LogP contribution in [0, 0.1) is 0 Å². The minimum Gasteiger partial charge on any atom is -0.395 e. The summed E-state index contributed by atoms with van der Waals surface area (Å²) in [5.74, 6) is 0. The predicted molar refractivity (Wildman–Crippen MR) is 61.5 cm³/mol. The van der Waals surface area contributed by atoms with Gasteiger partial charge < -0.3 is 14.6 Å². The largest absolute Gasteiger partial charge is 0.395 e. The molecule has 2 aliphatic heterocycles. The third kappa shape index (κ3) is 2.74. The van der Waals surface area contributed by atoms with Crippen molar-refractivity contribution < 1.29 is 14.6 Å². The first-order valence-electron chi connectivity index (χ1n) is 6.28. The number of piperidine rings is 1. The van der Waals surface area contributed by atoms with E-state index in [-0.39, 0.29) is 12.2 Å². The summed E-state index contributed by atoms with van der Waals surface area (Å²) in [5, 5.41) is 9.00. The maximum Gasteiger partial charge on any atom is 0.0833 e. The first-order chi connectivity index (χ1) is 7.78. The van der Waals surface area contributed by atoms with Crippen LogP contribution in [-0.2, 0) is 9.47 Å². The van der Waals surface area contributed by atoms with Gasteiger partial charge in [-0.25, -0.2) is 0 Å². The molecule has 2 saturated heterocycles. The first-order valence-corrected chi connectivity index (χ1v) is 6.28. The number of aliphatic hydroxyl groups is 1. The number of nitrogens with zero attached hydrogens (tertiary/aromatic N) is 1. The Kier molecular flexibility index (Phi) is 4.19. The normalized spacial score (nSPS) is 36.8. The molecule has 4 nitrogen and oxygen atoms in total. The molecule has 2 rings (SSSR count). The summed E-state index contributed by atoms with van der Waals surface area (Å²) < 4.78 is 11.5. The Morgan fingerprint density at radius 3 is 3.19 bits per heavy atom. The molecule has 94 valence electrons. The number of ether oxygens (including phenoxy) is 2. The summed E-state index contributed by atoms with van der Waals surface area (Å²) in [6.07, 6.45) is 4.66. The van der Waals surface area contributed by atoms with Crippen LogP contribution in [0.15, 0.2) is 0 Å². The summed E-state index contributed by atoms with van der Waals surface area (Å²) in [5.41, 5.74) is -0.00759. The summed E-state index contributed by atoms with van der Waals surface area (Å²) in [6, 6.07) is 0. The predicted octanol–water partition coefficient (Wildman–Crippen LogP) is 0.639. The fourth-order valence-corrected chi connectivity index (χ4v) is 2.99. The molecule has 0 bridgehead atoms. The zero-order chi connectivity index (χ0) is 11.4. The zero-order valence-corrected chi connectivity index (χ0v) is 10.2. The number of rotatable bonds is 3. The van der Waals surface area contributed by atoms with E-state index in [1.807, 2.05) is 0 Å². The van der Waals surface area contributed by atoms with E-state index in [0.29, 0.717) is 6.10 Å². The zero-order valence-electron chi connectivity index (χ0n) is 10.2. The van der Waals surface area contributed by atoms with Gasteiger partial charge in [0.1, 0.15) is 0 Å². The van der Waals surface area contributed by atoms with Crippen LogP contribution in [0.25, 0.3) is 0 Å². The average Bonchev–Trinajstić information content (AvgIpc) is 2.29. The minimum absolute atomic E-state index is 0.00759. The molecule has 0 unspecified atom stereocenters. The lowest BCUT2D eigenvalue weighted by molar-refractivity contribution is -0.153. The second kappa shape index (κ2) is 5.45. The van der Waals surface area contributed by atoms with Crippen LogP contribution in [0.3, 0.4) is 0 Å². The lowest BCUT2D eigenvalue weighted by Crippen LogP contribution is -2.54. The van der Waals surface area contributed by atoms with E-state index < -0.39 is 0 Å². The van der Waals surface area contributed by atoms with Gasteiger partial charge >= 0.3 is 0 Å². The van der Waals surface area contributed by atoms with E-state index in [0.717, 1.165) is 51.9 Å². The van der Waals surface area contributed by atoms with Crippen LogP contribution in [0.1, 0.15) is 25.7 Å². The molecular formula is C12H23NO3. The molecule has 1 N–H and O–H groups in total. The lowest BCUT2D eigenvalue weighted by Gasteiger charge is -2.46. The van der Waals surface area contributed by atoms with Crippen molar-refractivity contribution in [2.24, 2.45) is 0 Å². The topological polar surface area (TPSA) is 41.9 Å². The molecule has 0 radical (unpaired) electrons. The fourth-order valence-electron chi connectivity index (χ4n) is 2.99. The van der Waals surface area contributed by atoms with Gasteiger partial charge in [-0.05, 0) is 25.8 Å². The van der Waals surface area contributed by atoms with Gasteiger partial charge in [-0.1, -0.05) is 0 Å². The number of β-amino-alcohol motifs (C(OH)–C–C–N with tert-alkyl or cyclic N) is 1. The highest BCUT2D eigenvalue weighted by atomic mass is 16.5. The molecule has 16 heavy (non-hydrogen) atoms. The molecule has 2 fully saturated rings. The van der Waals surface area contributed by atoms with Crippen molar-refractivity contribution in [1.29, 1.82) is 0 Å².